The van der Waals surface area contributed by atoms with Crippen molar-refractivity contribution in [1.29, 1.82) is 0 Å². The van der Waals surface area contributed by atoms with E-state index in [0.29, 0.717) is 0 Å². The highest BCUT2D eigenvalue weighted by Crippen LogP contribution is 2.06. The van der Waals surface area contributed by atoms with Crippen LogP contribution in [0.4, 0.5) is 10.2 Å². The molecule has 0 saturated heterocycles. The smallest absolute Gasteiger partial charge is 0.144 e. The molecule has 0 fully saturated rings. The van der Waals surface area contributed by atoms with E-state index in [1.165, 1.54) is 6.07 Å². The molecule has 0 bridgehead atoms. The van der Waals surface area contributed by atoms with Gasteiger partial charge in [0.15, 0.2) is 0 Å². The van der Waals surface area contributed by atoms with Crippen molar-refractivity contribution in [2.45, 2.75) is 12.8 Å². The lowest BCUT2D eigenvalue weighted by Gasteiger charge is -2.04. The van der Waals surface area contributed by atoms with Crippen LogP contribution in [0.15, 0.2) is 42.9 Å². The molecule has 0 aliphatic heterocycles. The Hall–Kier alpha value is -1.97. The number of aromatic nitrogens is 2. The Bertz CT molecular complexity index is 459. The van der Waals surface area contributed by atoms with Gasteiger partial charge in [-0.1, -0.05) is 12.1 Å². The Morgan fingerprint density at radius 1 is 1.24 bits per heavy atom. The molecule has 0 aliphatic carbocycles. The van der Waals surface area contributed by atoms with Gasteiger partial charge in [-0.05, 0) is 30.5 Å². The molecule has 2 aromatic rings. The van der Waals surface area contributed by atoms with Gasteiger partial charge in [0.25, 0.3) is 0 Å². The summed E-state index contributed by atoms with van der Waals surface area (Å²) >= 11 is 0. The van der Waals surface area contributed by atoms with Gasteiger partial charge in [-0.25, -0.2) is 9.37 Å². The fourth-order valence-electron chi connectivity index (χ4n) is 1.59. The number of halogens is 1. The van der Waals surface area contributed by atoms with E-state index in [9.17, 15) is 4.39 Å². The molecule has 4 heteroatoms. The molecule has 0 spiro atoms. The Balaban J connectivity index is 1.73. The van der Waals surface area contributed by atoms with E-state index in [0.717, 1.165) is 30.8 Å². The minimum absolute atomic E-state index is 0.176. The van der Waals surface area contributed by atoms with E-state index in [2.05, 4.69) is 15.3 Å². The third kappa shape index (κ3) is 3.83. The van der Waals surface area contributed by atoms with Crippen molar-refractivity contribution >= 4 is 5.82 Å². The number of anilines is 1. The van der Waals surface area contributed by atoms with Gasteiger partial charge >= 0.3 is 0 Å². The third-order valence-electron chi connectivity index (χ3n) is 2.40. The maximum atomic E-state index is 12.9. The summed E-state index contributed by atoms with van der Waals surface area (Å²) in [5, 5.41) is 3.16. The van der Waals surface area contributed by atoms with Gasteiger partial charge in [-0.3, -0.25) is 4.98 Å². The van der Waals surface area contributed by atoms with E-state index < -0.39 is 0 Å². The first-order valence-corrected chi connectivity index (χ1v) is 5.59. The molecular formula is C13H14FN3. The van der Waals surface area contributed by atoms with E-state index in [-0.39, 0.29) is 5.82 Å². The van der Waals surface area contributed by atoms with E-state index >= 15 is 0 Å². The zero-order valence-corrected chi connectivity index (χ0v) is 9.44. The number of nitrogens with zero attached hydrogens (tertiary/aromatic N) is 2. The summed E-state index contributed by atoms with van der Waals surface area (Å²) in [5.74, 6) is 0.594. The van der Waals surface area contributed by atoms with Crippen molar-refractivity contribution in [2.75, 3.05) is 11.9 Å². The average molecular weight is 231 g/mol. The topological polar surface area (TPSA) is 37.8 Å². The number of hydrogen-bond donors (Lipinski definition) is 1. The summed E-state index contributed by atoms with van der Waals surface area (Å²) in [5.41, 5.74) is 1.02. The second-order valence-electron chi connectivity index (χ2n) is 3.75. The maximum Gasteiger partial charge on any atom is 0.144 e. The van der Waals surface area contributed by atoms with Crippen molar-refractivity contribution in [3.63, 3.8) is 0 Å². The Morgan fingerprint density at radius 2 is 2.18 bits per heavy atom. The van der Waals surface area contributed by atoms with Crippen molar-refractivity contribution in [3.8, 4) is 0 Å². The van der Waals surface area contributed by atoms with E-state index in [1.807, 2.05) is 6.07 Å². The number of rotatable bonds is 5. The molecule has 1 N–H and O–H groups in total. The zero-order chi connectivity index (χ0) is 11.9. The second kappa shape index (κ2) is 5.94. The van der Waals surface area contributed by atoms with Crippen molar-refractivity contribution in [3.05, 3.63) is 54.2 Å². The highest BCUT2D eigenvalue weighted by Gasteiger charge is 1.96. The molecule has 0 amide bonds. The summed E-state index contributed by atoms with van der Waals surface area (Å²) in [6, 6.07) is 6.70. The largest absolute Gasteiger partial charge is 0.369 e. The van der Waals surface area contributed by atoms with Crippen LogP contribution in [0.25, 0.3) is 0 Å². The molecule has 0 unspecified atom stereocenters. The molecule has 1 heterocycles. The monoisotopic (exact) mass is 231 g/mol. The SMILES string of the molecule is Fc1cccc(CCCNc2cnccn2)c1. The van der Waals surface area contributed by atoms with Crippen molar-refractivity contribution in [1.82, 2.24) is 9.97 Å². The lowest BCUT2D eigenvalue weighted by molar-refractivity contribution is 0.624. The van der Waals surface area contributed by atoms with Crippen LogP contribution in [0.1, 0.15) is 12.0 Å². The standard InChI is InChI=1S/C13H14FN3/c14-12-5-1-3-11(9-12)4-2-6-16-13-10-15-7-8-17-13/h1,3,5,7-10H,2,4,6H2,(H,16,17). The van der Waals surface area contributed by atoms with Crippen LogP contribution in [0.5, 0.6) is 0 Å². The first-order chi connectivity index (χ1) is 8.34. The Kier molecular flexibility index (Phi) is 4.02. The first-order valence-electron chi connectivity index (χ1n) is 5.59. The summed E-state index contributed by atoms with van der Waals surface area (Å²) in [6.07, 6.45) is 6.75. The molecule has 0 atom stereocenters. The predicted molar refractivity (Wildman–Crippen MR) is 65.2 cm³/mol. The van der Waals surface area contributed by atoms with Gasteiger partial charge in [-0.15, -0.1) is 0 Å². The van der Waals surface area contributed by atoms with Crippen molar-refractivity contribution in [2.24, 2.45) is 0 Å². The van der Waals surface area contributed by atoms with Gasteiger partial charge in [0.1, 0.15) is 11.6 Å². The number of benzene rings is 1. The third-order valence-corrected chi connectivity index (χ3v) is 2.40. The predicted octanol–water partition coefficient (Wildman–Crippen LogP) is 2.66. The van der Waals surface area contributed by atoms with Crippen LogP contribution in [0, 0.1) is 5.82 Å². The molecule has 3 nitrogen and oxygen atoms in total. The molecule has 2 rings (SSSR count). The summed E-state index contributed by atoms with van der Waals surface area (Å²) < 4.78 is 12.9. The highest BCUT2D eigenvalue weighted by atomic mass is 19.1. The summed E-state index contributed by atoms with van der Waals surface area (Å²) in [4.78, 5) is 8.06. The fourth-order valence-corrected chi connectivity index (χ4v) is 1.59. The molecule has 88 valence electrons. The van der Waals surface area contributed by atoms with Gasteiger partial charge in [0.2, 0.25) is 0 Å². The van der Waals surface area contributed by atoms with Gasteiger partial charge < -0.3 is 5.32 Å². The number of hydrogen-bond acceptors (Lipinski definition) is 3. The molecule has 17 heavy (non-hydrogen) atoms. The Labute approximate surface area is 99.7 Å². The highest BCUT2D eigenvalue weighted by molar-refractivity contribution is 5.29. The summed E-state index contributed by atoms with van der Waals surface area (Å²) in [7, 11) is 0. The molecule has 0 radical (unpaired) electrons. The maximum absolute atomic E-state index is 12.9. The van der Waals surface area contributed by atoms with Crippen LogP contribution in [-0.2, 0) is 6.42 Å². The Morgan fingerprint density at radius 3 is 2.94 bits per heavy atom. The number of nitrogens with one attached hydrogen (secondary N) is 1. The minimum atomic E-state index is -0.176. The first kappa shape index (κ1) is 11.5. The molecule has 1 aromatic heterocycles. The van der Waals surface area contributed by atoms with Gasteiger partial charge in [-0.2, -0.15) is 0 Å². The van der Waals surface area contributed by atoms with Crippen LogP contribution in [0.3, 0.4) is 0 Å². The van der Waals surface area contributed by atoms with Gasteiger partial charge in [0.05, 0.1) is 6.20 Å². The number of aryl methyl sites for hydroxylation is 1. The van der Waals surface area contributed by atoms with Crippen LogP contribution in [0.2, 0.25) is 0 Å². The molecular weight excluding hydrogens is 217 g/mol. The second-order valence-corrected chi connectivity index (χ2v) is 3.75. The van der Waals surface area contributed by atoms with Crippen LogP contribution >= 0.6 is 0 Å². The van der Waals surface area contributed by atoms with Crippen molar-refractivity contribution < 1.29 is 4.39 Å². The van der Waals surface area contributed by atoms with Crippen LogP contribution in [-0.4, -0.2) is 16.5 Å². The lowest BCUT2D eigenvalue weighted by atomic mass is 10.1. The quantitative estimate of drug-likeness (QED) is 0.804. The minimum Gasteiger partial charge on any atom is -0.369 e. The molecule has 0 saturated carbocycles. The average Bonchev–Trinajstić information content (AvgIpc) is 2.36. The summed E-state index contributed by atoms with van der Waals surface area (Å²) in [6.45, 7) is 0.801. The van der Waals surface area contributed by atoms with Crippen LogP contribution < -0.4 is 5.32 Å². The van der Waals surface area contributed by atoms with E-state index in [1.54, 1.807) is 30.7 Å². The normalized spacial score (nSPS) is 10.2. The molecule has 0 aliphatic rings. The fraction of sp³-hybridized carbons (Fsp3) is 0.231. The molecule has 1 aromatic carbocycles. The zero-order valence-electron chi connectivity index (χ0n) is 9.44. The lowest BCUT2D eigenvalue weighted by Crippen LogP contribution is -2.04. The van der Waals surface area contributed by atoms with E-state index in [4.69, 9.17) is 0 Å². The van der Waals surface area contributed by atoms with Gasteiger partial charge in [0, 0.05) is 18.9 Å².